The number of halogens is 1. The maximum atomic E-state index is 12.4. The molecule has 1 fully saturated rings. The number of carbonyl (C=O) groups is 3. The van der Waals surface area contributed by atoms with Gasteiger partial charge in [0.05, 0.1) is 11.6 Å². The van der Waals surface area contributed by atoms with E-state index < -0.39 is 6.09 Å². The lowest BCUT2D eigenvalue weighted by Gasteiger charge is -2.19. The number of rotatable bonds is 6. The van der Waals surface area contributed by atoms with Crippen LogP contribution < -0.4 is 20.3 Å². The number of cyclic esters (lactones) is 1. The Morgan fingerprint density at radius 1 is 1.31 bits per heavy atom. The van der Waals surface area contributed by atoms with Crippen molar-refractivity contribution in [3.8, 4) is 5.75 Å². The maximum Gasteiger partial charge on any atom is 0.415 e. The number of aromatic nitrogens is 2. The average molecular weight is 504 g/mol. The highest BCUT2D eigenvalue weighted by molar-refractivity contribution is 6.31. The molecular weight excluding hydrogens is 478 g/mol. The number of nitrogens with zero attached hydrogens (tertiary/aromatic N) is 3. The van der Waals surface area contributed by atoms with E-state index in [1.807, 2.05) is 6.92 Å². The van der Waals surface area contributed by atoms with Crippen LogP contribution in [-0.2, 0) is 27.2 Å². The van der Waals surface area contributed by atoms with Crippen molar-refractivity contribution in [1.82, 2.24) is 15.3 Å². The van der Waals surface area contributed by atoms with Gasteiger partial charge in [-0.3, -0.25) is 19.5 Å². The number of hydrogen-bond donors (Lipinski definition) is 3. The highest BCUT2D eigenvalue weighted by Gasteiger charge is 2.34. The molecule has 0 radical (unpaired) electrons. The molecule has 35 heavy (non-hydrogen) atoms. The second-order valence-corrected chi connectivity index (χ2v) is 8.90. The summed E-state index contributed by atoms with van der Waals surface area (Å²) in [4.78, 5) is 42.4. The average Bonchev–Trinajstić information content (AvgIpc) is 3.43. The molecule has 11 nitrogen and oxygen atoms in total. The van der Waals surface area contributed by atoms with Crippen molar-refractivity contribution >= 4 is 41.7 Å². The zero-order chi connectivity index (χ0) is 24.9. The highest BCUT2D eigenvalue weighted by atomic mass is 35.5. The number of fused-ring (bicyclic) bond motifs is 2. The molecule has 0 saturated carbocycles. The van der Waals surface area contributed by atoms with Crippen molar-refractivity contribution in [3.63, 3.8) is 0 Å². The van der Waals surface area contributed by atoms with Gasteiger partial charge >= 0.3 is 6.09 Å². The largest absolute Gasteiger partial charge is 0.483 e. The Morgan fingerprint density at radius 3 is 2.86 bits per heavy atom. The summed E-state index contributed by atoms with van der Waals surface area (Å²) >= 11 is 6.31. The minimum atomic E-state index is -0.436. The Bertz CT molecular complexity index is 1100. The molecule has 2 aromatic heterocycles. The van der Waals surface area contributed by atoms with Gasteiger partial charge in [-0.1, -0.05) is 11.6 Å². The van der Waals surface area contributed by atoms with Crippen molar-refractivity contribution in [2.24, 2.45) is 5.92 Å². The Labute approximate surface area is 206 Å². The number of pyridine rings is 2. The molecule has 3 N–H and O–H groups in total. The summed E-state index contributed by atoms with van der Waals surface area (Å²) in [5, 5.41) is 13.8. The van der Waals surface area contributed by atoms with Crippen LogP contribution in [0.4, 0.5) is 16.4 Å². The quantitative estimate of drug-likeness (QED) is 0.399. The van der Waals surface area contributed by atoms with Crippen LogP contribution in [0, 0.1) is 12.8 Å². The number of carbonyl (C=O) groups excluding carboxylic acids is 2. The van der Waals surface area contributed by atoms with Gasteiger partial charge in [-0.25, -0.2) is 9.78 Å². The lowest BCUT2D eigenvalue weighted by molar-refractivity contribution is -0.123. The van der Waals surface area contributed by atoms with Crippen molar-refractivity contribution in [1.29, 1.82) is 0 Å². The number of anilines is 2. The molecule has 2 amide bonds. The Kier molecular flexibility index (Phi) is 7.67. The number of hydrogen-bond acceptors (Lipinski definition) is 8. The molecule has 1 saturated heterocycles. The first kappa shape index (κ1) is 24.7. The van der Waals surface area contributed by atoms with E-state index in [1.54, 1.807) is 18.3 Å². The van der Waals surface area contributed by atoms with Crippen LogP contribution in [0.3, 0.4) is 0 Å². The summed E-state index contributed by atoms with van der Waals surface area (Å²) < 4.78 is 10.8. The number of aryl methyl sites for hydroxylation is 1. The van der Waals surface area contributed by atoms with Gasteiger partial charge in [0, 0.05) is 11.9 Å². The van der Waals surface area contributed by atoms with Gasteiger partial charge in [0.1, 0.15) is 11.9 Å². The molecule has 2 atom stereocenters. The molecule has 186 valence electrons. The van der Waals surface area contributed by atoms with E-state index in [2.05, 4.69) is 20.6 Å². The van der Waals surface area contributed by atoms with Crippen molar-refractivity contribution in [2.75, 3.05) is 36.5 Å². The standard InChI is InChI=1S/C22H24ClN5O4.CH2O2/c1-12-15-6-13(7-16(15)17(23)9-25-12)8-24-5-4-14-10-28(22(30)32-14)19-3-2-18-21(26-19)27-20(29)11-31-18;2-1-3/h2-3,9,13-14,24H,4-8,10-11H2,1H3,(H,26,27,29);1H,(H,2,3). The van der Waals surface area contributed by atoms with Crippen molar-refractivity contribution in [3.05, 3.63) is 40.2 Å². The van der Waals surface area contributed by atoms with Gasteiger partial charge in [0.15, 0.2) is 18.2 Å². The number of amides is 2. The normalized spacial score (nSPS) is 20.1. The van der Waals surface area contributed by atoms with Gasteiger partial charge in [-0.2, -0.15) is 0 Å². The fourth-order valence-corrected chi connectivity index (χ4v) is 4.73. The van der Waals surface area contributed by atoms with Crippen LogP contribution in [-0.4, -0.2) is 65.9 Å². The Morgan fingerprint density at radius 2 is 2.09 bits per heavy atom. The van der Waals surface area contributed by atoms with Gasteiger partial charge in [0.2, 0.25) is 0 Å². The zero-order valence-electron chi connectivity index (χ0n) is 19.1. The molecule has 0 aromatic carbocycles. The molecule has 0 spiro atoms. The molecule has 0 bridgehead atoms. The fourth-order valence-electron chi connectivity index (χ4n) is 4.49. The first-order chi connectivity index (χ1) is 16.9. The van der Waals surface area contributed by atoms with Gasteiger partial charge in [0.25, 0.3) is 12.4 Å². The van der Waals surface area contributed by atoms with E-state index in [-0.39, 0.29) is 25.1 Å². The molecule has 1 aliphatic carbocycles. The van der Waals surface area contributed by atoms with E-state index in [4.69, 9.17) is 31.0 Å². The monoisotopic (exact) mass is 503 g/mol. The number of carboxylic acid groups (broad SMARTS) is 1. The van der Waals surface area contributed by atoms with Crippen LogP contribution in [0.1, 0.15) is 23.2 Å². The summed E-state index contributed by atoms with van der Waals surface area (Å²) in [7, 11) is 0. The van der Waals surface area contributed by atoms with E-state index in [0.717, 1.165) is 36.6 Å². The predicted octanol–water partition coefficient (Wildman–Crippen LogP) is 2.19. The molecule has 3 aliphatic rings. The Hall–Kier alpha value is -3.44. The molecule has 2 unspecified atom stereocenters. The molecule has 12 heteroatoms. The third-order valence-electron chi connectivity index (χ3n) is 6.13. The second kappa shape index (κ2) is 10.9. The highest BCUT2D eigenvalue weighted by Crippen LogP contribution is 2.33. The minimum absolute atomic E-state index is 0.0364. The van der Waals surface area contributed by atoms with Crippen LogP contribution in [0.25, 0.3) is 0 Å². The number of nitrogens with one attached hydrogen (secondary N) is 2. The molecule has 5 rings (SSSR count). The second-order valence-electron chi connectivity index (χ2n) is 8.49. The summed E-state index contributed by atoms with van der Waals surface area (Å²) in [6, 6.07) is 3.39. The van der Waals surface area contributed by atoms with Crippen LogP contribution in [0.5, 0.6) is 5.75 Å². The summed E-state index contributed by atoms with van der Waals surface area (Å²) in [6.45, 7) is 3.78. The van der Waals surface area contributed by atoms with Crippen LogP contribution in [0.15, 0.2) is 18.3 Å². The van der Waals surface area contributed by atoms with Gasteiger partial charge in [-0.05, 0) is 68.5 Å². The van der Waals surface area contributed by atoms with Crippen LogP contribution in [0.2, 0.25) is 5.02 Å². The van der Waals surface area contributed by atoms with E-state index in [9.17, 15) is 9.59 Å². The van der Waals surface area contributed by atoms with Crippen molar-refractivity contribution < 1.29 is 29.0 Å². The topological polar surface area (TPSA) is 143 Å². The van der Waals surface area contributed by atoms with E-state index in [1.165, 1.54) is 16.0 Å². The smallest absolute Gasteiger partial charge is 0.415 e. The predicted molar refractivity (Wildman–Crippen MR) is 127 cm³/mol. The minimum Gasteiger partial charge on any atom is -0.483 e. The summed E-state index contributed by atoms with van der Waals surface area (Å²) in [6.07, 6.45) is 3.73. The van der Waals surface area contributed by atoms with Crippen molar-refractivity contribution in [2.45, 2.75) is 32.3 Å². The van der Waals surface area contributed by atoms with Crippen LogP contribution >= 0.6 is 11.6 Å². The molecule has 4 heterocycles. The molecular formula is C23H26ClN5O6. The summed E-state index contributed by atoms with van der Waals surface area (Å²) in [5.41, 5.74) is 3.57. The Balaban J connectivity index is 0.000000917. The van der Waals surface area contributed by atoms with E-state index >= 15 is 0 Å². The lowest BCUT2D eigenvalue weighted by Crippen LogP contribution is -2.30. The van der Waals surface area contributed by atoms with E-state index in [0.29, 0.717) is 36.3 Å². The first-order valence-corrected chi connectivity index (χ1v) is 11.6. The molecule has 2 aromatic rings. The summed E-state index contributed by atoms with van der Waals surface area (Å²) in [5.74, 6) is 1.46. The fraction of sp³-hybridized carbons (Fsp3) is 0.435. The first-order valence-electron chi connectivity index (χ1n) is 11.2. The number of ether oxygens (including phenoxy) is 2. The SMILES string of the molecule is Cc1ncc(Cl)c2c1CC(CNCCC1CN(c3ccc4c(n3)NC(=O)CO4)C(=O)O1)C2.O=CO. The lowest BCUT2D eigenvalue weighted by atomic mass is 10.1. The molecule has 2 aliphatic heterocycles. The third kappa shape index (κ3) is 5.63. The zero-order valence-corrected chi connectivity index (χ0v) is 19.9. The maximum absolute atomic E-state index is 12.4. The third-order valence-corrected chi connectivity index (χ3v) is 6.46. The van der Waals surface area contributed by atoms with Gasteiger partial charge in [-0.15, -0.1) is 0 Å². The van der Waals surface area contributed by atoms with Gasteiger partial charge < -0.3 is 25.2 Å².